The normalized spacial score (nSPS) is 25.1. The van der Waals surface area contributed by atoms with Gasteiger partial charge in [-0.2, -0.15) is 0 Å². The maximum atomic E-state index is 13.5. The number of terminal acetylenes is 1. The van der Waals surface area contributed by atoms with E-state index in [2.05, 4.69) is 16.2 Å². The van der Waals surface area contributed by atoms with Crippen LogP contribution in [0.1, 0.15) is 27.5 Å². The van der Waals surface area contributed by atoms with Gasteiger partial charge in [-0.25, -0.2) is 4.79 Å². The number of aliphatic carboxylic acids is 1. The highest BCUT2D eigenvalue weighted by Crippen LogP contribution is 2.50. The lowest BCUT2D eigenvalue weighted by Crippen LogP contribution is -2.57. The minimum atomic E-state index is -1.77. The quantitative estimate of drug-likeness (QED) is 0.276. The van der Waals surface area contributed by atoms with Crippen molar-refractivity contribution in [1.82, 2.24) is 15.2 Å². The van der Waals surface area contributed by atoms with Crippen molar-refractivity contribution in [3.05, 3.63) is 71.4 Å². The Morgan fingerprint density at radius 2 is 1.86 bits per heavy atom. The van der Waals surface area contributed by atoms with Crippen molar-refractivity contribution in [3.8, 4) is 12.3 Å². The number of likely N-dealkylation sites (tertiary alicyclic amines) is 1. The van der Waals surface area contributed by atoms with E-state index in [1.807, 2.05) is 24.3 Å². The van der Waals surface area contributed by atoms with E-state index in [0.717, 1.165) is 15.8 Å². The maximum absolute atomic E-state index is 13.5. The SMILES string of the molecule is C#CCN1C(=O)C2C(c3ccc(C(=O)OC)cc3)NC(Cc3c[nH]c4ccccc34)(C(=O)O)C2C1=O. The largest absolute Gasteiger partial charge is 0.480 e. The van der Waals surface area contributed by atoms with Gasteiger partial charge in [0.2, 0.25) is 11.8 Å². The van der Waals surface area contributed by atoms with Gasteiger partial charge < -0.3 is 14.8 Å². The van der Waals surface area contributed by atoms with Gasteiger partial charge in [0.05, 0.1) is 31.1 Å². The van der Waals surface area contributed by atoms with Crippen LogP contribution in [-0.2, 0) is 25.5 Å². The number of hydrogen-bond acceptors (Lipinski definition) is 6. The molecule has 1 aromatic heterocycles. The Balaban J connectivity index is 1.62. The summed E-state index contributed by atoms with van der Waals surface area (Å²) in [6.45, 7) is -0.235. The van der Waals surface area contributed by atoms with Crippen molar-refractivity contribution in [2.24, 2.45) is 11.8 Å². The number of nitrogens with one attached hydrogen (secondary N) is 2. The van der Waals surface area contributed by atoms with Crippen LogP contribution in [0.25, 0.3) is 10.9 Å². The van der Waals surface area contributed by atoms with Crippen molar-refractivity contribution < 1.29 is 29.0 Å². The first kappa shape index (κ1) is 23.3. The number of carbonyl (C=O) groups is 4. The Kier molecular flexibility index (Phi) is 5.61. The fraction of sp³-hybridized carbons (Fsp3) is 0.259. The molecule has 3 aromatic rings. The molecule has 0 bridgehead atoms. The molecular weight excluding hydrogens is 462 g/mol. The number of para-hydroxylation sites is 1. The number of methoxy groups -OCH3 is 1. The molecule has 5 rings (SSSR count). The predicted molar refractivity (Wildman–Crippen MR) is 129 cm³/mol. The molecule has 0 spiro atoms. The number of carboxylic acids is 1. The lowest BCUT2D eigenvalue weighted by atomic mass is 9.76. The van der Waals surface area contributed by atoms with Crippen LogP contribution in [0.3, 0.4) is 0 Å². The molecule has 36 heavy (non-hydrogen) atoms. The average Bonchev–Trinajstić information content (AvgIpc) is 3.53. The van der Waals surface area contributed by atoms with Crippen molar-refractivity contribution >= 4 is 34.7 Å². The van der Waals surface area contributed by atoms with Crippen molar-refractivity contribution in [2.75, 3.05) is 13.7 Å². The van der Waals surface area contributed by atoms with Crippen LogP contribution in [0.2, 0.25) is 0 Å². The second-order valence-electron chi connectivity index (χ2n) is 9.02. The number of aromatic amines is 1. The van der Waals surface area contributed by atoms with Gasteiger partial charge in [-0.3, -0.25) is 24.6 Å². The predicted octanol–water partition coefficient (Wildman–Crippen LogP) is 1.90. The zero-order valence-corrected chi connectivity index (χ0v) is 19.4. The molecule has 2 aliphatic heterocycles. The van der Waals surface area contributed by atoms with E-state index in [0.29, 0.717) is 16.7 Å². The molecule has 0 radical (unpaired) electrons. The topological polar surface area (TPSA) is 129 Å². The summed E-state index contributed by atoms with van der Waals surface area (Å²) >= 11 is 0. The number of H-pyrrole nitrogens is 1. The van der Waals surface area contributed by atoms with E-state index in [1.54, 1.807) is 30.5 Å². The second-order valence-corrected chi connectivity index (χ2v) is 9.02. The summed E-state index contributed by atoms with van der Waals surface area (Å²) in [6, 6.07) is 13.0. The van der Waals surface area contributed by atoms with E-state index >= 15 is 0 Å². The molecule has 2 amide bonds. The van der Waals surface area contributed by atoms with Crippen molar-refractivity contribution in [2.45, 2.75) is 18.0 Å². The summed E-state index contributed by atoms with van der Waals surface area (Å²) in [5.74, 6) is -2.70. The van der Waals surface area contributed by atoms with Crippen LogP contribution < -0.4 is 5.32 Å². The number of nitrogens with zero attached hydrogens (tertiary/aromatic N) is 1. The number of esters is 1. The van der Waals surface area contributed by atoms with Crippen LogP contribution in [0, 0.1) is 24.2 Å². The number of carboxylic acid groups (broad SMARTS) is 1. The van der Waals surface area contributed by atoms with Gasteiger partial charge in [-0.15, -0.1) is 6.42 Å². The van der Waals surface area contributed by atoms with Crippen LogP contribution >= 0.6 is 0 Å². The van der Waals surface area contributed by atoms with Crippen molar-refractivity contribution in [3.63, 3.8) is 0 Å². The molecule has 182 valence electrons. The lowest BCUT2D eigenvalue weighted by molar-refractivity contribution is -0.151. The summed E-state index contributed by atoms with van der Waals surface area (Å²) in [7, 11) is 1.27. The monoisotopic (exact) mass is 485 g/mol. The van der Waals surface area contributed by atoms with Crippen LogP contribution in [0.4, 0.5) is 0 Å². The highest BCUT2D eigenvalue weighted by atomic mass is 16.5. The van der Waals surface area contributed by atoms with Gasteiger partial charge in [-0.05, 0) is 29.3 Å². The Hall–Kier alpha value is -4.42. The molecule has 9 nitrogen and oxygen atoms in total. The molecule has 4 unspecified atom stereocenters. The Morgan fingerprint density at radius 1 is 1.14 bits per heavy atom. The third kappa shape index (κ3) is 3.38. The van der Waals surface area contributed by atoms with Crippen LogP contribution in [0.15, 0.2) is 54.7 Å². The third-order valence-electron chi connectivity index (χ3n) is 7.21. The highest BCUT2D eigenvalue weighted by molar-refractivity contribution is 6.10. The number of hydrogen-bond donors (Lipinski definition) is 3. The molecule has 0 aliphatic carbocycles. The number of rotatable bonds is 6. The zero-order chi connectivity index (χ0) is 25.6. The molecule has 2 aromatic carbocycles. The third-order valence-corrected chi connectivity index (χ3v) is 7.21. The van der Waals surface area contributed by atoms with Gasteiger partial charge >= 0.3 is 11.9 Å². The number of imide groups is 1. The molecule has 0 saturated carbocycles. The Bertz CT molecular complexity index is 1440. The maximum Gasteiger partial charge on any atom is 0.337 e. The van der Waals surface area contributed by atoms with Gasteiger partial charge in [0.25, 0.3) is 0 Å². The number of ether oxygens (including phenoxy) is 1. The Morgan fingerprint density at radius 3 is 2.53 bits per heavy atom. The smallest absolute Gasteiger partial charge is 0.337 e. The number of aromatic nitrogens is 1. The summed E-state index contributed by atoms with van der Waals surface area (Å²) in [5.41, 5.74) is 0.652. The van der Waals surface area contributed by atoms with E-state index < -0.39 is 47.2 Å². The van der Waals surface area contributed by atoms with Crippen LogP contribution in [-0.4, -0.2) is 57.9 Å². The van der Waals surface area contributed by atoms with Gasteiger partial charge in [0, 0.05) is 29.6 Å². The van der Waals surface area contributed by atoms with Crippen molar-refractivity contribution in [1.29, 1.82) is 0 Å². The van der Waals surface area contributed by atoms with Gasteiger partial charge in [0.15, 0.2) is 0 Å². The second kappa shape index (κ2) is 8.66. The minimum absolute atomic E-state index is 0.0346. The van der Waals surface area contributed by atoms with E-state index in [-0.39, 0.29) is 13.0 Å². The number of fused-ring (bicyclic) bond motifs is 2. The molecule has 2 fully saturated rings. The molecule has 3 heterocycles. The first-order chi connectivity index (χ1) is 17.3. The van der Waals surface area contributed by atoms with Crippen LogP contribution in [0.5, 0.6) is 0 Å². The minimum Gasteiger partial charge on any atom is -0.480 e. The molecule has 2 saturated heterocycles. The average molecular weight is 485 g/mol. The molecule has 2 aliphatic rings. The highest BCUT2D eigenvalue weighted by Gasteiger charge is 2.68. The van der Waals surface area contributed by atoms with E-state index in [4.69, 9.17) is 11.2 Å². The summed E-state index contributed by atoms with van der Waals surface area (Å²) in [5, 5.41) is 14.6. The standard InChI is InChI=1S/C27H23N3O6/c1-3-12-30-23(31)20-21(24(30)32)27(26(34)35,13-17-14-28-19-7-5-4-6-18(17)19)29-22(20)15-8-10-16(11-9-15)25(33)36-2/h1,4-11,14,20-22,28-29H,12-13H2,2H3,(H,34,35). The first-order valence-corrected chi connectivity index (χ1v) is 11.4. The fourth-order valence-corrected chi connectivity index (χ4v) is 5.55. The molecule has 9 heteroatoms. The lowest BCUT2D eigenvalue weighted by Gasteiger charge is -2.31. The summed E-state index contributed by atoms with van der Waals surface area (Å²) in [4.78, 5) is 55.8. The number of benzene rings is 2. The summed E-state index contributed by atoms with van der Waals surface area (Å²) in [6.07, 6.45) is 7.10. The van der Waals surface area contributed by atoms with E-state index in [1.165, 1.54) is 7.11 Å². The molecular formula is C27H23N3O6. The summed E-state index contributed by atoms with van der Waals surface area (Å²) < 4.78 is 4.74. The number of amides is 2. The molecule has 3 N–H and O–H groups in total. The Labute approximate surface area is 206 Å². The van der Waals surface area contributed by atoms with E-state index in [9.17, 15) is 24.3 Å². The molecule has 4 atom stereocenters. The zero-order valence-electron chi connectivity index (χ0n) is 19.4. The van der Waals surface area contributed by atoms with Gasteiger partial charge in [0.1, 0.15) is 5.54 Å². The fourth-order valence-electron chi connectivity index (χ4n) is 5.55. The number of carbonyl (C=O) groups excluding carboxylic acids is 3. The van der Waals surface area contributed by atoms with Gasteiger partial charge in [-0.1, -0.05) is 36.3 Å². The first-order valence-electron chi connectivity index (χ1n) is 11.4.